The Hall–Kier alpha value is -2.36. The van der Waals surface area contributed by atoms with Gasteiger partial charge in [0.05, 0.1) is 13.2 Å². The minimum absolute atomic E-state index is 0.0521. The molecular weight excluding hydrogens is 268 g/mol. The van der Waals surface area contributed by atoms with Gasteiger partial charge in [0, 0.05) is 0 Å². The Morgan fingerprint density at radius 3 is 1.81 bits per heavy atom. The van der Waals surface area contributed by atoms with Gasteiger partial charge in [-0.05, 0) is 26.3 Å². The summed E-state index contributed by atoms with van der Waals surface area (Å²) in [7, 11) is 0. The lowest BCUT2D eigenvalue weighted by atomic mass is 10.2. The summed E-state index contributed by atoms with van der Waals surface area (Å²) in [6.45, 7) is 9.06. The first-order valence-electron chi connectivity index (χ1n) is 6.78. The Morgan fingerprint density at radius 2 is 1.52 bits per heavy atom. The molecule has 0 aliphatic carbocycles. The number of rotatable bonds is 5. The van der Waals surface area contributed by atoms with Crippen molar-refractivity contribution in [3.05, 3.63) is 54.1 Å². The number of carbonyl (C=O) groups is 2. The molecule has 4 nitrogen and oxygen atoms in total. The molecule has 0 spiro atoms. The highest BCUT2D eigenvalue weighted by Gasteiger charge is 2.19. The molecule has 0 N–H and O–H groups in total. The Kier molecular flexibility index (Phi) is 10.2. The van der Waals surface area contributed by atoms with E-state index in [0.29, 0.717) is 0 Å². The third kappa shape index (κ3) is 7.72. The van der Waals surface area contributed by atoms with Crippen LogP contribution >= 0.6 is 0 Å². The number of benzene rings is 1. The van der Waals surface area contributed by atoms with Crippen molar-refractivity contribution in [1.29, 1.82) is 0 Å². The summed E-state index contributed by atoms with van der Waals surface area (Å²) in [5.74, 6) is -1.27. The SMILES string of the molecule is C=Cc1ccccc1.CC=C(C(=O)OCC)C(=O)OCC. The number of hydrogen-bond donors (Lipinski definition) is 0. The molecule has 0 aliphatic rings. The van der Waals surface area contributed by atoms with E-state index in [4.69, 9.17) is 0 Å². The van der Waals surface area contributed by atoms with Gasteiger partial charge >= 0.3 is 11.9 Å². The highest BCUT2D eigenvalue weighted by Crippen LogP contribution is 2.01. The summed E-state index contributed by atoms with van der Waals surface area (Å²) in [5, 5.41) is 0. The first kappa shape index (κ1) is 18.6. The van der Waals surface area contributed by atoms with E-state index < -0.39 is 11.9 Å². The van der Waals surface area contributed by atoms with E-state index in [9.17, 15) is 9.59 Å². The summed E-state index contributed by atoms with van der Waals surface area (Å²) >= 11 is 0. The average Bonchev–Trinajstić information content (AvgIpc) is 2.50. The average molecular weight is 290 g/mol. The van der Waals surface area contributed by atoms with Crippen LogP contribution < -0.4 is 0 Å². The highest BCUT2D eigenvalue weighted by molar-refractivity contribution is 6.13. The summed E-state index contributed by atoms with van der Waals surface area (Å²) in [4.78, 5) is 22.2. The molecule has 21 heavy (non-hydrogen) atoms. The molecule has 4 heteroatoms. The van der Waals surface area contributed by atoms with Crippen molar-refractivity contribution in [1.82, 2.24) is 0 Å². The maximum absolute atomic E-state index is 11.1. The minimum Gasteiger partial charge on any atom is -0.462 e. The van der Waals surface area contributed by atoms with Crippen LogP contribution in [0.5, 0.6) is 0 Å². The molecule has 0 radical (unpaired) electrons. The van der Waals surface area contributed by atoms with Crippen molar-refractivity contribution in [2.24, 2.45) is 0 Å². The second-order valence-corrected chi connectivity index (χ2v) is 3.76. The van der Waals surface area contributed by atoms with E-state index in [2.05, 4.69) is 16.1 Å². The van der Waals surface area contributed by atoms with Gasteiger partial charge in [-0.15, -0.1) is 0 Å². The number of allylic oxidation sites excluding steroid dienone is 1. The normalized spacial score (nSPS) is 8.71. The summed E-state index contributed by atoms with van der Waals surface area (Å²) < 4.78 is 9.31. The monoisotopic (exact) mass is 290 g/mol. The zero-order valence-corrected chi connectivity index (χ0v) is 12.8. The maximum Gasteiger partial charge on any atom is 0.345 e. The van der Waals surface area contributed by atoms with Crippen molar-refractivity contribution in [3.8, 4) is 0 Å². The Balaban J connectivity index is 0.000000423. The third-order valence-electron chi connectivity index (χ3n) is 2.31. The quantitative estimate of drug-likeness (QED) is 0.361. The number of esters is 2. The van der Waals surface area contributed by atoms with Crippen molar-refractivity contribution < 1.29 is 19.1 Å². The van der Waals surface area contributed by atoms with Gasteiger partial charge in [0.25, 0.3) is 0 Å². The zero-order chi connectivity index (χ0) is 16.1. The smallest absolute Gasteiger partial charge is 0.345 e. The van der Waals surface area contributed by atoms with Crippen LogP contribution in [0, 0.1) is 0 Å². The first-order valence-corrected chi connectivity index (χ1v) is 6.78. The van der Waals surface area contributed by atoms with Crippen LogP contribution in [0.2, 0.25) is 0 Å². The lowest BCUT2D eigenvalue weighted by Crippen LogP contribution is -2.18. The molecule has 0 aromatic heterocycles. The van der Waals surface area contributed by atoms with Gasteiger partial charge in [-0.1, -0.05) is 49.1 Å². The predicted octanol–water partition coefficient (Wildman–Crippen LogP) is 3.39. The lowest BCUT2D eigenvalue weighted by molar-refractivity contribution is -0.146. The second-order valence-electron chi connectivity index (χ2n) is 3.76. The van der Waals surface area contributed by atoms with Crippen LogP contribution in [0.3, 0.4) is 0 Å². The van der Waals surface area contributed by atoms with Gasteiger partial charge in [-0.3, -0.25) is 0 Å². The largest absolute Gasteiger partial charge is 0.462 e. The predicted molar refractivity (Wildman–Crippen MR) is 83.6 cm³/mol. The fraction of sp³-hybridized carbons (Fsp3) is 0.294. The van der Waals surface area contributed by atoms with Gasteiger partial charge in [-0.2, -0.15) is 0 Å². The minimum atomic E-state index is -0.636. The van der Waals surface area contributed by atoms with Gasteiger partial charge in [-0.25, -0.2) is 9.59 Å². The van der Waals surface area contributed by atoms with Crippen molar-refractivity contribution >= 4 is 18.0 Å². The van der Waals surface area contributed by atoms with Gasteiger partial charge in [0.2, 0.25) is 0 Å². The van der Waals surface area contributed by atoms with E-state index in [1.54, 1.807) is 20.8 Å². The molecule has 0 bridgehead atoms. The van der Waals surface area contributed by atoms with Gasteiger partial charge in [0.15, 0.2) is 0 Å². The van der Waals surface area contributed by atoms with Crippen molar-refractivity contribution in [2.45, 2.75) is 20.8 Å². The summed E-state index contributed by atoms with van der Waals surface area (Å²) in [6, 6.07) is 10.0. The molecule has 1 aromatic carbocycles. The first-order chi connectivity index (χ1) is 10.1. The van der Waals surface area contributed by atoms with E-state index in [-0.39, 0.29) is 18.8 Å². The highest BCUT2D eigenvalue weighted by atomic mass is 16.6. The van der Waals surface area contributed by atoms with Crippen LogP contribution in [-0.2, 0) is 19.1 Å². The number of hydrogen-bond acceptors (Lipinski definition) is 4. The molecule has 114 valence electrons. The molecule has 0 amide bonds. The van der Waals surface area contributed by atoms with Crippen LogP contribution in [0.25, 0.3) is 6.08 Å². The van der Waals surface area contributed by atoms with Crippen LogP contribution in [-0.4, -0.2) is 25.2 Å². The Morgan fingerprint density at radius 1 is 1.05 bits per heavy atom. The van der Waals surface area contributed by atoms with E-state index in [1.165, 1.54) is 11.6 Å². The Labute approximate surface area is 126 Å². The lowest BCUT2D eigenvalue weighted by Gasteiger charge is -2.04. The van der Waals surface area contributed by atoms with Crippen LogP contribution in [0.1, 0.15) is 26.3 Å². The molecule has 1 aromatic rings. The van der Waals surface area contributed by atoms with E-state index >= 15 is 0 Å². The standard InChI is InChI=1S/C9H14O4.C8H8/c1-4-7(8(10)12-5-2)9(11)13-6-3;1-2-8-6-4-3-5-7-8/h4H,5-6H2,1-3H3;2-7H,1H2. The maximum atomic E-state index is 11.1. The molecule has 1 rings (SSSR count). The molecule has 0 unspecified atom stereocenters. The third-order valence-corrected chi connectivity index (χ3v) is 2.31. The Bertz CT molecular complexity index is 455. The summed E-state index contributed by atoms with van der Waals surface area (Å²) in [5.41, 5.74) is 1.12. The van der Waals surface area contributed by atoms with Crippen molar-refractivity contribution in [2.75, 3.05) is 13.2 Å². The molecule has 0 atom stereocenters. The van der Waals surface area contributed by atoms with E-state index in [1.807, 2.05) is 36.4 Å². The fourth-order valence-corrected chi connectivity index (χ4v) is 1.33. The summed E-state index contributed by atoms with van der Waals surface area (Å²) in [6.07, 6.45) is 3.22. The van der Waals surface area contributed by atoms with Gasteiger partial charge in [0.1, 0.15) is 5.57 Å². The zero-order valence-electron chi connectivity index (χ0n) is 12.8. The topological polar surface area (TPSA) is 52.6 Å². The second kappa shape index (κ2) is 11.5. The molecule has 0 saturated heterocycles. The van der Waals surface area contributed by atoms with E-state index in [0.717, 1.165) is 0 Å². The molecule has 0 heterocycles. The molecule has 0 fully saturated rings. The van der Waals surface area contributed by atoms with Crippen molar-refractivity contribution in [3.63, 3.8) is 0 Å². The molecule has 0 aliphatic heterocycles. The molecular formula is C17H22O4. The van der Waals surface area contributed by atoms with Crippen LogP contribution in [0.4, 0.5) is 0 Å². The fourth-order valence-electron chi connectivity index (χ4n) is 1.33. The number of ether oxygens (including phenoxy) is 2. The van der Waals surface area contributed by atoms with Crippen LogP contribution in [0.15, 0.2) is 48.6 Å². The van der Waals surface area contributed by atoms with Gasteiger partial charge < -0.3 is 9.47 Å². The number of carbonyl (C=O) groups excluding carboxylic acids is 2. The molecule has 0 saturated carbocycles.